The van der Waals surface area contributed by atoms with E-state index < -0.39 is 0 Å². The monoisotopic (exact) mass is 133 g/mol. The van der Waals surface area contributed by atoms with E-state index in [1.165, 1.54) is 0 Å². The van der Waals surface area contributed by atoms with E-state index in [0.717, 1.165) is 12.8 Å². The molecule has 0 saturated heterocycles. The van der Waals surface area contributed by atoms with E-state index in [-0.39, 0.29) is 6.15 Å². The molecule has 0 aromatic heterocycles. The summed E-state index contributed by atoms with van der Waals surface area (Å²) in [5.41, 5.74) is 0.342. The number of hydrogen-bond acceptors (Lipinski definition) is 2. The minimum atomic E-state index is 0. The van der Waals surface area contributed by atoms with E-state index in [0.29, 0.717) is 12.0 Å². The quantitative estimate of drug-likeness (QED) is 0.618. The molecule has 0 atom stereocenters. The maximum atomic E-state index is 8.53. The van der Waals surface area contributed by atoms with Crippen molar-refractivity contribution >= 4 is 0 Å². The van der Waals surface area contributed by atoms with Gasteiger partial charge in [-0.1, -0.05) is 27.2 Å². The summed E-state index contributed by atoms with van der Waals surface area (Å²) in [6, 6.07) is 0. The van der Waals surface area contributed by atoms with Crippen LogP contribution in [0.25, 0.3) is 0 Å². The molecule has 0 heterocycles. The highest BCUT2D eigenvalue weighted by Gasteiger charge is 2.12. The van der Waals surface area contributed by atoms with E-state index in [9.17, 15) is 0 Å². The molecule has 0 amide bonds. The van der Waals surface area contributed by atoms with Gasteiger partial charge in [-0.05, 0) is 11.8 Å². The van der Waals surface area contributed by atoms with E-state index in [4.69, 9.17) is 5.11 Å². The molecule has 0 rings (SSSR count). The first-order chi connectivity index (χ1) is 3.62. The summed E-state index contributed by atoms with van der Waals surface area (Å²) in [6.45, 7) is 6.81. The average molecular weight is 133 g/mol. The van der Waals surface area contributed by atoms with Gasteiger partial charge in [0.25, 0.3) is 0 Å². The molecule has 0 aromatic carbocycles. The highest BCUT2D eigenvalue weighted by molar-refractivity contribution is 4.64. The maximum Gasteiger partial charge on any atom is 0.0436 e. The fourth-order valence-corrected chi connectivity index (χ4v) is 0.479. The van der Waals surface area contributed by atoms with Gasteiger partial charge in [-0.15, -0.1) is 0 Å². The molecule has 0 unspecified atom stereocenters. The molecular weight excluding hydrogens is 114 g/mol. The second-order valence-corrected chi connectivity index (χ2v) is 2.99. The Hall–Kier alpha value is -0.0800. The molecule has 0 aliphatic heterocycles. The SMILES string of the molecule is CCC(C)(C)CCO.N. The third-order valence-corrected chi connectivity index (χ3v) is 1.75. The molecular formula is C7H19NO. The van der Waals surface area contributed by atoms with Gasteiger partial charge in [-0.25, -0.2) is 0 Å². The van der Waals surface area contributed by atoms with Crippen molar-refractivity contribution < 1.29 is 5.11 Å². The van der Waals surface area contributed by atoms with Gasteiger partial charge < -0.3 is 11.3 Å². The van der Waals surface area contributed by atoms with Crippen LogP contribution >= 0.6 is 0 Å². The molecule has 0 bridgehead atoms. The van der Waals surface area contributed by atoms with Gasteiger partial charge in [-0.2, -0.15) is 0 Å². The van der Waals surface area contributed by atoms with Crippen LogP contribution in [0.1, 0.15) is 33.6 Å². The molecule has 0 saturated carbocycles. The van der Waals surface area contributed by atoms with Gasteiger partial charge in [0.15, 0.2) is 0 Å². The lowest BCUT2D eigenvalue weighted by Gasteiger charge is -2.20. The molecule has 4 N–H and O–H groups in total. The predicted molar refractivity (Wildman–Crippen MR) is 40.8 cm³/mol. The van der Waals surface area contributed by atoms with E-state index >= 15 is 0 Å². The van der Waals surface area contributed by atoms with Crippen LogP contribution in [0.4, 0.5) is 0 Å². The molecule has 9 heavy (non-hydrogen) atoms. The predicted octanol–water partition coefficient (Wildman–Crippen LogP) is 1.97. The Labute approximate surface area is 57.9 Å². The summed E-state index contributed by atoms with van der Waals surface area (Å²) in [6.07, 6.45) is 2.07. The number of aliphatic hydroxyl groups is 1. The van der Waals surface area contributed by atoms with Crippen molar-refractivity contribution in [2.75, 3.05) is 6.61 Å². The second-order valence-electron chi connectivity index (χ2n) is 2.99. The van der Waals surface area contributed by atoms with Crippen LogP contribution in [0, 0.1) is 5.41 Å². The third kappa shape index (κ3) is 5.80. The summed E-state index contributed by atoms with van der Waals surface area (Å²) in [7, 11) is 0. The molecule has 0 aliphatic carbocycles. The molecule has 0 fully saturated rings. The molecule has 2 nitrogen and oxygen atoms in total. The number of hydrogen-bond donors (Lipinski definition) is 2. The first-order valence-electron chi connectivity index (χ1n) is 3.23. The Morgan fingerprint density at radius 2 is 1.78 bits per heavy atom. The van der Waals surface area contributed by atoms with Crippen LogP contribution in [0.15, 0.2) is 0 Å². The number of rotatable bonds is 3. The van der Waals surface area contributed by atoms with Crippen molar-refractivity contribution in [1.82, 2.24) is 6.15 Å². The Kier molecular flexibility index (Phi) is 6.19. The van der Waals surface area contributed by atoms with E-state index in [1.807, 2.05) is 0 Å². The Morgan fingerprint density at radius 1 is 1.33 bits per heavy atom. The van der Waals surface area contributed by atoms with Crippen molar-refractivity contribution in [1.29, 1.82) is 0 Å². The molecule has 2 heteroatoms. The van der Waals surface area contributed by atoms with E-state index in [2.05, 4.69) is 20.8 Å². The molecule has 0 radical (unpaired) electrons. The van der Waals surface area contributed by atoms with Crippen molar-refractivity contribution in [3.8, 4) is 0 Å². The van der Waals surface area contributed by atoms with Crippen LogP contribution < -0.4 is 6.15 Å². The summed E-state index contributed by atoms with van der Waals surface area (Å²) in [5.74, 6) is 0. The Balaban J connectivity index is 0. The minimum absolute atomic E-state index is 0. The highest BCUT2D eigenvalue weighted by Crippen LogP contribution is 2.22. The third-order valence-electron chi connectivity index (χ3n) is 1.75. The summed E-state index contributed by atoms with van der Waals surface area (Å²) in [4.78, 5) is 0. The highest BCUT2D eigenvalue weighted by atomic mass is 16.3. The summed E-state index contributed by atoms with van der Waals surface area (Å²) >= 11 is 0. The summed E-state index contributed by atoms with van der Waals surface area (Å²) < 4.78 is 0. The first-order valence-corrected chi connectivity index (χ1v) is 3.23. The first kappa shape index (κ1) is 11.7. The standard InChI is InChI=1S/C7H16O.H3N/c1-4-7(2,3)5-6-8;/h8H,4-6H2,1-3H3;1H3. The van der Waals surface area contributed by atoms with Gasteiger partial charge in [0, 0.05) is 6.61 Å². The van der Waals surface area contributed by atoms with Crippen molar-refractivity contribution in [3.05, 3.63) is 0 Å². The van der Waals surface area contributed by atoms with Gasteiger partial charge >= 0.3 is 0 Å². The van der Waals surface area contributed by atoms with Crippen LogP contribution in [-0.2, 0) is 0 Å². The van der Waals surface area contributed by atoms with Gasteiger partial charge in [0.05, 0.1) is 0 Å². The lowest BCUT2D eigenvalue weighted by atomic mass is 9.87. The zero-order chi connectivity index (χ0) is 6.62. The van der Waals surface area contributed by atoms with Gasteiger partial charge in [0.2, 0.25) is 0 Å². The zero-order valence-electron chi connectivity index (χ0n) is 6.78. The van der Waals surface area contributed by atoms with E-state index in [1.54, 1.807) is 0 Å². The van der Waals surface area contributed by atoms with Crippen LogP contribution in [0.5, 0.6) is 0 Å². The Morgan fingerprint density at radius 3 is 1.89 bits per heavy atom. The fourth-order valence-electron chi connectivity index (χ4n) is 0.479. The zero-order valence-corrected chi connectivity index (χ0v) is 6.78. The fraction of sp³-hybridized carbons (Fsp3) is 1.00. The van der Waals surface area contributed by atoms with Crippen LogP contribution in [0.2, 0.25) is 0 Å². The van der Waals surface area contributed by atoms with Crippen molar-refractivity contribution in [2.24, 2.45) is 5.41 Å². The average Bonchev–Trinajstić information content (AvgIpc) is 1.67. The van der Waals surface area contributed by atoms with Crippen molar-refractivity contribution in [3.63, 3.8) is 0 Å². The van der Waals surface area contributed by atoms with Gasteiger partial charge in [0.1, 0.15) is 0 Å². The second kappa shape index (κ2) is 4.77. The number of aliphatic hydroxyl groups excluding tert-OH is 1. The summed E-state index contributed by atoms with van der Waals surface area (Å²) in [5, 5.41) is 8.53. The maximum absolute atomic E-state index is 8.53. The molecule has 0 aromatic rings. The smallest absolute Gasteiger partial charge is 0.0436 e. The van der Waals surface area contributed by atoms with Crippen LogP contribution in [-0.4, -0.2) is 11.7 Å². The topological polar surface area (TPSA) is 55.2 Å². The lowest BCUT2D eigenvalue weighted by molar-refractivity contribution is 0.207. The minimum Gasteiger partial charge on any atom is -0.396 e. The molecule has 0 aliphatic rings. The molecule has 0 spiro atoms. The normalized spacial score (nSPS) is 10.7. The lowest BCUT2D eigenvalue weighted by Crippen LogP contribution is -2.10. The van der Waals surface area contributed by atoms with Crippen LogP contribution in [0.3, 0.4) is 0 Å². The largest absolute Gasteiger partial charge is 0.396 e. The van der Waals surface area contributed by atoms with Gasteiger partial charge in [-0.3, -0.25) is 0 Å². The van der Waals surface area contributed by atoms with Crippen molar-refractivity contribution in [2.45, 2.75) is 33.6 Å². The molecule has 58 valence electrons. The Bertz CT molecular complexity index is 61.9.